The first-order chi connectivity index (χ1) is 14.2. The molecular weight excluding hydrogens is 366 g/mol. The third-order valence-corrected chi connectivity index (χ3v) is 4.48. The number of H-pyrrole nitrogens is 1. The van der Waals surface area contributed by atoms with Gasteiger partial charge in [-0.2, -0.15) is 0 Å². The molecule has 0 aliphatic carbocycles. The Hall–Kier alpha value is -4.06. The van der Waals surface area contributed by atoms with E-state index in [0.717, 1.165) is 16.5 Å². The Morgan fingerprint density at radius 2 is 1.79 bits per heavy atom. The van der Waals surface area contributed by atoms with Gasteiger partial charge in [-0.3, -0.25) is 9.59 Å². The highest BCUT2D eigenvalue weighted by Gasteiger charge is 2.11. The molecule has 0 saturated carbocycles. The summed E-state index contributed by atoms with van der Waals surface area (Å²) in [5.74, 6) is -0.0195. The van der Waals surface area contributed by atoms with E-state index >= 15 is 0 Å². The van der Waals surface area contributed by atoms with Crippen LogP contribution in [0.15, 0.2) is 83.6 Å². The molecule has 0 atom stereocenters. The fraction of sp³-hybridized carbons (Fsp3) is 0.0435. The molecule has 4 rings (SSSR count). The Bertz CT molecular complexity index is 1170. The average molecular weight is 385 g/mol. The van der Waals surface area contributed by atoms with E-state index in [-0.39, 0.29) is 18.4 Å². The third kappa shape index (κ3) is 4.27. The van der Waals surface area contributed by atoms with E-state index in [1.54, 1.807) is 36.4 Å². The number of hydrogen-bond donors (Lipinski definition) is 3. The third-order valence-electron chi connectivity index (χ3n) is 4.48. The monoisotopic (exact) mass is 385 g/mol. The molecule has 6 nitrogen and oxygen atoms in total. The molecule has 144 valence electrons. The normalized spacial score (nSPS) is 11.0. The molecule has 6 heteroatoms. The Labute approximate surface area is 167 Å². The Morgan fingerprint density at radius 1 is 1.00 bits per heavy atom. The number of nitrogens with one attached hydrogen (secondary N) is 3. The molecule has 2 heterocycles. The van der Waals surface area contributed by atoms with Crippen LogP contribution < -0.4 is 10.6 Å². The maximum absolute atomic E-state index is 12.3. The zero-order chi connectivity index (χ0) is 20.1. The highest BCUT2D eigenvalue weighted by Crippen LogP contribution is 2.20. The van der Waals surface area contributed by atoms with Gasteiger partial charge < -0.3 is 20.0 Å². The summed E-state index contributed by atoms with van der Waals surface area (Å²) in [4.78, 5) is 27.6. The zero-order valence-corrected chi connectivity index (χ0v) is 15.5. The van der Waals surface area contributed by atoms with E-state index in [1.165, 1.54) is 12.3 Å². The van der Waals surface area contributed by atoms with E-state index in [4.69, 9.17) is 4.42 Å². The van der Waals surface area contributed by atoms with Gasteiger partial charge in [-0.15, -0.1) is 0 Å². The number of furan rings is 1. The SMILES string of the molecule is O=C(C=Cc1c[nH]c2ccccc12)Nc1ccoc1CNC(=O)c1ccccc1. The van der Waals surface area contributed by atoms with Crippen molar-refractivity contribution in [1.82, 2.24) is 10.3 Å². The van der Waals surface area contributed by atoms with Crippen LogP contribution in [0.2, 0.25) is 0 Å². The number of rotatable bonds is 6. The van der Waals surface area contributed by atoms with E-state index in [9.17, 15) is 9.59 Å². The van der Waals surface area contributed by atoms with Crippen LogP contribution in [-0.2, 0) is 11.3 Å². The van der Waals surface area contributed by atoms with Crippen molar-refractivity contribution in [2.45, 2.75) is 6.54 Å². The molecule has 2 aromatic heterocycles. The second kappa shape index (κ2) is 8.31. The average Bonchev–Trinajstić information content (AvgIpc) is 3.37. The lowest BCUT2D eigenvalue weighted by molar-refractivity contribution is -0.111. The highest BCUT2D eigenvalue weighted by molar-refractivity contribution is 6.03. The number of aromatic nitrogens is 1. The van der Waals surface area contributed by atoms with Crippen molar-refractivity contribution in [2.75, 3.05) is 5.32 Å². The van der Waals surface area contributed by atoms with Gasteiger partial charge in [0.15, 0.2) is 0 Å². The van der Waals surface area contributed by atoms with Crippen molar-refractivity contribution < 1.29 is 14.0 Å². The number of anilines is 1. The molecule has 0 unspecified atom stereocenters. The predicted octanol–water partition coefficient (Wildman–Crippen LogP) is 4.34. The minimum Gasteiger partial charge on any atom is -0.465 e. The quantitative estimate of drug-likeness (QED) is 0.432. The van der Waals surface area contributed by atoms with E-state index < -0.39 is 0 Å². The maximum atomic E-state index is 12.3. The first-order valence-electron chi connectivity index (χ1n) is 9.15. The fourth-order valence-corrected chi connectivity index (χ4v) is 3.01. The van der Waals surface area contributed by atoms with Crippen LogP contribution in [0.3, 0.4) is 0 Å². The second-order valence-corrected chi connectivity index (χ2v) is 6.42. The fourth-order valence-electron chi connectivity index (χ4n) is 3.01. The van der Waals surface area contributed by atoms with Crippen molar-refractivity contribution in [3.05, 3.63) is 96.1 Å². The number of carbonyl (C=O) groups excluding carboxylic acids is 2. The summed E-state index contributed by atoms with van der Waals surface area (Å²) >= 11 is 0. The second-order valence-electron chi connectivity index (χ2n) is 6.42. The smallest absolute Gasteiger partial charge is 0.251 e. The minimum absolute atomic E-state index is 0.169. The summed E-state index contributed by atoms with van der Waals surface area (Å²) in [6.45, 7) is 0.169. The first-order valence-corrected chi connectivity index (χ1v) is 9.15. The number of amides is 2. The number of para-hydroxylation sites is 1. The summed E-state index contributed by atoms with van der Waals surface area (Å²) in [5.41, 5.74) is 3.02. The van der Waals surface area contributed by atoms with Gasteiger partial charge in [0.2, 0.25) is 5.91 Å². The summed E-state index contributed by atoms with van der Waals surface area (Å²) < 4.78 is 5.40. The standard InChI is InChI=1S/C23H19N3O3/c27-22(11-10-17-14-24-19-9-5-4-8-18(17)19)26-20-12-13-29-21(20)15-25-23(28)16-6-2-1-3-7-16/h1-14,24H,15H2,(H,25,28)(H,26,27). The van der Waals surface area contributed by atoms with Crippen molar-refractivity contribution in [2.24, 2.45) is 0 Å². The Morgan fingerprint density at radius 3 is 2.66 bits per heavy atom. The van der Waals surface area contributed by atoms with Crippen LogP contribution in [0.1, 0.15) is 21.7 Å². The lowest BCUT2D eigenvalue weighted by Crippen LogP contribution is -2.23. The molecule has 3 N–H and O–H groups in total. The molecule has 29 heavy (non-hydrogen) atoms. The van der Waals surface area contributed by atoms with Crippen LogP contribution in [0, 0.1) is 0 Å². The maximum Gasteiger partial charge on any atom is 0.251 e. The summed E-state index contributed by atoms with van der Waals surface area (Å²) in [6.07, 6.45) is 6.56. The van der Waals surface area contributed by atoms with Gasteiger partial charge in [-0.05, 0) is 29.8 Å². The molecule has 0 saturated heterocycles. The first kappa shape index (κ1) is 18.3. The van der Waals surface area contributed by atoms with Crippen molar-refractivity contribution in [3.8, 4) is 0 Å². The van der Waals surface area contributed by atoms with E-state index in [0.29, 0.717) is 17.0 Å². The number of aromatic amines is 1. The number of fused-ring (bicyclic) bond motifs is 1. The number of carbonyl (C=O) groups is 2. The van der Waals surface area contributed by atoms with Crippen molar-refractivity contribution in [1.29, 1.82) is 0 Å². The van der Waals surface area contributed by atoms with Crippen LogP contribution in [0.5, 0.6) is 0 Å². The van der Waals surface area contributed by atoms with Gasteiger partial charge >= 0.3 is 0 Å². The van der Waals surface area contributed by atoms with Crippen LogP contribution >= 0.6 is 0 Å². The van der Waals surface area contributed by atoms with Gasteiger partial charge in [0.25, 0.3) is 5.91 Å². The van der Waals surface area contributed by atoms with E-state index in [2.05, 4.69) is 15.6 Å². The van der Waals surface area contributed by atoms with Crippen molar-refractivity contribution in [3.63, 3.8) is 0 Å². The molecule has 0 radical (unpaired) electrons. The summed E-state index contributed by atoms with van der Waals surface area (Å²) in [5, 5.41) is 6.61. The molecule has 0 aliphatic rings. The largest absolute Gasteiger partial charge is 0.465 e. The van der Waals surface area contributed by atoms with Gasteiger partial charge in [0, 0.05) is 34.8 Å². The van der Waals surface area contributed by atoms with Crippen LogP contribution in [0.4, 0.5) is 5.69 Å². The van der Waals surface area contributed by atoms with Crippen LogP contribution in [-0.4, -0.2) is 16.8 Å². The predicted molar refractivity (Wildman–Crippen MR) is 112 cm³/mol. The van der Waals surface area contributed by atoms with Gasteiger partial charge in [-0.25, -0.2) is 0 Å². The molecule has 0 spiro atoms. The minimum atomic E-state index is -0.285. The lowest BCUT2D eigenvalue weighted by Gasteiger charge is -2.06. The van der Waals surface area contributed by atoms with Gasteiger partial charge in [0.05, 0.1) is 18.5 Å². The lowest BCUT2D eigenvalue weighted by atomic mass is 10.1. The highest BCUT2D eigenvalue weighted by atomic mass is 16.3. The molecule has 0 bridgehead atoms. The number of hydrogen-bond acceptors (Lipinski definition) is 3. The van der Waals surface area contributed by atoms with Gasteiger partial charge in [0.1, 0.15) is 5.76 Å². The molecule has 2 amide bonds. The summed E-state index contributed by atoms with van der Waals surface area (Å²) in [6, 6.07) is 18.4. The molecule has 2 aromatic carbocycles. The number of benzene rings is 2. The van der Waals surface area contributed by atoms with E-state index in [1.807, 2.05) is 36.5 Å². The van der Waals surface area contributed by atoms with Gasteiger partial charge in [-0.1, -0.05) is 36.4 Å². The zero-order valence-electron chi connectivity index (χ0n) is 15.5. The van der Waals surface area contributed by atoms with Crippen molar-refractivity contribution >= 4 is 34.5 Å². The van der Waals surface area contributed by atoms with Crippen LogP contribution in [0.25, 0.3) is 17.0 Å². The molecular formula is C23H19N3O3. The Balaban J connectivity index is 1.38. The summed E-state index contributed by atoms with van der Waals surface area (Å²) in [7, 11) is 0. The Kier molecular flexibility index (Phi) is 5.25. The molecule has 0 fully saturated rings. The molecule has 0 aliphatic heterocycles. The topological polar surface area (TPSA) is 87.1 Å². The molecule has 4 aromatic rings.